The van der Waals surface area contributed by atoms with Gasteiger partial charge in [0, 0.05) is 18.0 Å². The fraction of sp³-hybridized carbons (Fsp3) is 0.676. The zero-order valence-electron chi connectivity index (χ0n) is 23.8. The Kier molecular flexibility index (Phi) is 13.2. The normalized spacial score (nSPS) is 19.5. The first-order valence-corrected chi connectivity index (χ1v) is 15.5. The zero-order chi connectivity index (χ0) is 26.2. The molecule has 1 aliphatic rings. The number of hydrogen-bond acceptors (Lipinski definition) is 3. The molecular formula is C34H51N3. The van der Waals surface area contributed by atoms with Crippen molar-refractivity contribution in [3.8, 4) is 17.5 Å². The number of benzene rings is 1. The van der Waals surface area contributed by atoms with E-state index in [1.165, 1.54) is 94.6 Å². The molecule has 3 nitrogen and oxygen atoms in total. The summed E-state index contributed by atoms with van der Waals surface area (Å²) in [5, 5.41) is 9.98. The van der Waals surface area contributed by atoms with E-state index in [-0.39, 0.29) is 5.41 Å². The van der Waals surface area contributed by atoms with Gasteiger partial charge < -0.3 is 0 Å². The van der Waals surface area contributed by atoms with Crippen LogP contribution in [0.3, 0.4) is 0 Å². The van der Waals surface area contributed by atoms with Crippen LogP contribution in [0.4, 0.5) is 0 Å². The Balaban J connectivity index is 1.42. The lowest BCUT2D eigenvalue weighted by Crippen LogP contribution is -2.25. The van der Waals surface area contributed by atoms with Gasteiger partial charge in [0.1, 0.15) is 0 Å². The molecule has 1 aromatic carbocycles. The van der Waals surface area contributed by atoms with Gasteiger partial charge >= 0.3 is 0 Å². The molecule has 0 atom stereocenters. The van der Waals surface area contributed by atoms with E-state index in [2.05, 4.69) is 54.2 Å². The number of aromatic nitrogens is 2. The summed E-state index contributed by atoms with van der Waals surface area (Å²) < 4.78 is 0. The van der Waals surface area contributed by atoms with Crippen LogP contribution >= 0.6 is 0 Å². The summed E-state index contributed by atoms with van der Waals surface area (Å²) in [5.41, 5.74) is 3.67. The summed E-state index contributed by atoms with van der Waals surface area (Å²) in [6.45, 7) is 4.53. The number of unbranched alkanes of at least 4 members (excludes halogenated alkanes) is 11. The second-order valence-corrected chi connectivity index (χ2v) is 11.6. The monoisotopic (exact) mass is 501 g/mol. The van der Waals surface area contributed by atoms with Crippen LogP contribution in [0.2, 0.25) is 0 Å². The first-order valence-electron chi connectivity index (χ1n) is 15.5. The minimum absolute atomic E-state index is 0.0784. The van der Waals surface area contributed by atoms with E-state index < -0.39 is 0 Å². The molecule has 1 saturated carbocycles. The van der Waals surface area contributed by atoms with Gasteiger partial charge in [0.15, 0.2) is 5.82 Å². The summed E-state index contributed by atoms with van der Waals surface area (Å²) in [6.07, 6.45) is 27.7. The standard InChI is InChI=1S/C34H51N3/c1-3-5-7-9-11-13-15-23-34(28-35)24-21-31(22-25-34)30-17-19-32(20-18-30)33-36-26-29(27-37-33)16-14-12-10-8-6-4-2/h17-20,26-27,31H,3-16,21-25H2,1-2H3/t31-,34-. The molecule has 0 amide bonds. The molecule has 1 fully saturated rings. The van der Waals surface area contributed by atoms with Gasteiger partial charge in [-0.2, -0.15) is 5.26 Å². The molecule has 2 aromatic rings. The minimum Gasteiger partial charge on any atom is -0.236 e. The molecule has 0 N–H and O–H groups in total. The second-order valence-electron chi connectivity index (χ2n) is 11.6. The van der Waals surface area contributed by atoms with Crippen LogP contribution in [0.25, 0.3) is 11.4 Å². The Labute approximate surface area is 227 Å². The van der Waals surface area contributed by atoms with Crippen LogP contribution in [0.5, 0.6) is 0 Å². The Morgan fingerprint density at radius 1 is 0.757 bits per heavy atom. The third-order valence-electron chi connectivity index (χ3n) is 8.60. The highest BCUT2D eigenvalue weighted by molar-refractivity contribution is 5.55. The van der Waals surface area contributed by atoms with E-state index >= 15 is 0 Å². The number of nitrogens with zero attached hydrogens (tertiary/aromatic N) is 3. The summed E-state index contributed by atoms with van der Waals surface area (Å²) in [7, 11) is 0. The lowest BCUT2D eigenvalue weighted by molar-refractivity contribution is 0.223. The second kappa shape index (κ2) is 16.6. The smallest absolute Gasteiger partial charge is 0.159 e. The van der Waals surface area contributed by atoms with Crippen LogP contribution in [0.1, 0.15) is 146 Å². The van der Waals surface area contributed by atoms with E-state index in [1.807, 2.05) is 12.4 Å². The van der Waals surface area contributed by atoms with Crippen molar-refractivity contribution in [2.75, 3.05) is 0 Å². The Bertz CT molecular complexity index is 902. The van der Waals surface area contributed by atoms with Gasteiger partial charge in [-0.3, -0.25) is 0 Å². The Hall–Kier alpha value is -2.21. The predicted molar refractivity (Wildman–Crippen MR) is 156 cm³/mol. The fourth-order valence-corrected chi connectivity index (χ4v) is 5.99. The molecule has 1 aliphatic carbocycles. The van der Waals surface area contributed by atoms with Crippen molar-refractivity contribution in [1.29, 1.82) is 5.26 Å². The molecule has 0 aliphatic heterocycles. The molecule has 3 heteroatoms. The Morgan fingerprint density at radius 3 is 1.86 bits per heavy atom. The third-order valence-corrected chi connectivity index (χ3v) is 8.60. The maximum atomic E-state index is 9.98. The number of aryl methyl sites for hydroxylation is 1. The summed E-state index contributed by atoms with van der Waals surface area (Å²) in [6, 6.07) is 11.6. The van der Waals surface area contributed by atoms with Crippen molar-refractivity contribution in [2.45, 2.75) is 142 Å². The van der Waals surface area contributed by atoms with Crippen molar-refractivity contribution in [3.05, 3.63) is 47.8 Å². The van der Waals surface area contributed by atoms with E-state index in [1.54, 1.807) is 0 Å². The predicted octanol–water partition coefficient (Wildman–Crippen LogP) is 10.4. The minimum atomic E-state index is -0.0784. The molecule has 0 saturated heterocycles. The summed E-state index contributed by atoms with van der Waals surface area (Å²) >= 11 is 0. The highest BCUT2D eigenvalue weighted by Crippen LogP contribution is 2.45. The van der Waals surface area contributed by atoms with Crippen molar-refractivity contribution >= 4 is 0 Å². The zero-order valence-corrected chi connectivity index (χ0v) is 23.8. The van der Waals surface area contributed by atoms with Gasteiger partial charge in [-0.25, -0.2) is 9.97 Å². The first-order chi connectivity index (χ1) is 18.2. The lowest BCUT2D eigenvalue weighted by Gasteiger charge is -2.35. The van der Waals surface area contributed by atoms with Gasteiger partial charge in [0.2, 0.25) is 0 Å². The molecule has 1 aromatic heterocycles. The van der Waals surface area contributed by atoms with Crippen LogP contribution in [-0.2, 0) is 6.42 Å². The molecule has 3 rings (SSSR count). The van der Waals surface area contributed by atoms with E-state index in [9.17, 15) is 5.26 Å². The van der Waals surface area contributed by atoms with Gasteiger partial charge in [-0.05, 0) is 62.0 Å². The highest BCUT2D eigenvalue weighted by atomic mass is 14.9. The average Bonchev–Trinajstić information content (AvgIpc) is 2.95. The van der Waals surface area contributed by atoms with Crippen LogP contribution in [0.15, 0.2) is 36.7 Å². The van der Waals surface area contributed by atoms with Crippen molar-refractivity contribution in [1.82, 2.24) is 9.97 Å². The first kappa shape index (κ1) is 29.3. The maximum absolute atomic E-state index is 9.98. The van der Waals surface area contributed by atoms with E-state index in [4.69, 9.17) is 0 Å². The number of rotatable bonds is 17. The van der Waals surface area contributed by atoms with E-state index in [0.29, 0.717) is 5.92 Å². The molecule has 0 bridgehead atoms. The molecule has 0 spiro atoms. The fourth-order valence-electron chi connectivity index (χ4n) is 5.99. The van der Waals surface area contributed by atoms with Crippen molar-refractivity contribution in [2.24, 2.45) is 5.41 Å². The van der Waals surface area contributed by atoms with Crippen LogP contribution in [0, 0.1) is 16.7 Å². The summed E-state index contributed by atoms with van der Waals surface area (Å²) in [5.74, 6) is 1.39. The largest absolute Gasteiger partial charge is 0.236 e. The molecule has 0 radical (unpaired) electrons. The van der Waals surface area contributed by atoms with Gasteiger partial charge in [0.25, 0.3) is 0 Å². The van der Waals surface area contributed by atoms with Crippen LogP contribution in [-0.4, -0.2) is 9.97 Å². The third kappa shape index (κ3) is 9.88. The molecule has 1 heterocycles. The van der Waals surface area contributed by atoms with Crippen molar-refractivity contribution < 1.29 is 0 Å². The molecule has 37 heavy (non-hydrogen) atoms. The highest BCUT2D eigenvalue weighted by Gasteiger charge is 2.35. The quantitative estimate of drug-likeness (QED) is 0.202. The maximum Gasteiger partial charge on any atom is 0.159 e. The number of nitriles is 1. The molecule has 202 valence electrons. The Morgan fingerprint density at radius 2 is 1.30 bits per heavy atom. The molecule has 0 unspecified atom stereocenters. The van der Waals surface area contributed by atoms with Gasteiger partial charge in [0.05, 0.1) is 11.5 Å². The summed E-state index contributed by atoms with van der Waals surface area (Å²) in [4.78, 5) is 9.32. The van der Waals surface area contributed by atoms with Crippen LogP contribution < -0.4 is 0 Å². The lowest BCUT2D eigenvalue weighted by atomic mass is 9.67. The number of hydrogen-bond donors (Lipinski definition) is 0. The van der Waals surface area contributed by atoms with Gasteiger partial charge in [-0.15, -0.1) is 0 Å². The topological polar surface area (TPSA) is 49.6 Å². The SMILES string of the molecule is CCCCCCCCC[C@]1(C#N)CC[C@H](c2ccc(-c3ncc(CCCCCCCC)cn3)cc2)CC1. The van der Waals surface area contributed by atoms with Gasteiger partial charge in [-0.1, -0.05) is 115 Å². The average molecular weight is 502 g/mol. The van der Waals surface area contributed by atoms with E-state index in [0.717, 1.165) is 49.9 Å². The molecular weight excluding hydrogens is 450 g/mol. The van der Waals surface area contributed by atoms with Crippen molar-refractivity contribution in [3.63, 3.8) is 0 Å².